The molecule has 1 fully saturated rings. The van der Waals surface area contributed by atoms with Crippen LogP contribution < -0.4 is 0 Å². The van der Waals surface area contributed by atoms with Crippen molar-refractivity contribution < 1.29 is 9.90 Å². The van der Waals surface area contributed by atoms with Crippen LogP contribution in [-0.2, 0) is 4.79 Å². The van der Waals surface area contributed by atoms with Crippen LogP contribution in [0.25, 0.3) is 0 Å². The van der Waals surface area contributed by atoms with Gasteiger partial charge >= 0.3 is 5.97 Å². The second kappa shape index (κ2) is 9.16. The number of hydrogen-bond acceptors (Lipinski definition) is 2. The highest BCUT2D eigenvalue weighted by Gasteiger charge is 2.25. The van der Waals surface area contributed by atoms with E-state index in [9.17, 15) is 4.79 Å². The summed E-state index contributed by atoms with van der Waals surface area (Å²) in [6.07, 6.45) is 8.72. The molecule has 1 saturated heterocycles. The molecule has 1 aliphatic heterocycles. The minimum absolute atomic E-state index is 0.273. The minimum atomic E-state index is -0.712. The van der Waals surface area contributed by atoms with Crippen LogP contribution in [0.4, 0.5) is 0 Å². The molecule has 1 aliphatic rings. The summed E-state index contributed by atoms with van der Waals surface area (Å²) in [4.78, 5) is 13.2. The predicted molar refractivity (Wildman–Crippen MR) is 88.5 cm³/mol. The molecule has 0 bridgehead atoms. The Kier molecular flexibility index (Phi) is 7.91. The first-order chi connectivity index (χ1) is 10.0. The van der Waals surface area contributed by atoms with E-state index in [0.29, 0.717) is 29.5 Å². The number of rotatable bonds is 5. The van der Waals surface area contributed by atoms with Crippen molar-refractivity contribution in [3.8, 4) is 0 Å². The van der Waals surface area contributed by atoms with E-state index in [0.717, 1.165) is 25.1 Å². The van der Waals surface area contributed by atoms with Gasteiger partial charge in [-0.2, -0.15) is 0 Å². The Morgan fingerprint density at radius 3 is 2.62 bits per heavy atom. The molecule has 0 spiro atoms. The highest BCUT2D eigenvalue weighted by Crippen LogP contribution is 2.29. The number of nitrogens with zero attached hydrogens (tertiary/aromatic N) is 1. The summed E-state index contributed by atoms with van der Waals surface area (Å²) in [7, 11) is 0. The molecule has 1 unspecified atom stereocenters. The van der Waals surface area contributed by atoms with Crippen molar-refractivity contribution in [1.29, 1.82) is 0 Å². The van der Waals surface area contributed by atoms with Gasteiger partial charge in [-0.3, -0.25) is 4.79 Å². The van der Waals surface area contributed by atoms with Gasteiger partial charge in [0.25, 0.3) is 0 Å². The minimum Gasteiger partial charge on any atom is -0.481 e. The Morgan fingerprint density at radius 1 is 1.33 bits per heavy atom. The number of carboxylic acids is 1. The SMILES string of the molecule is C\C=C(Cl)/C(=C(Cl)\C=C\CC)N1CCCC(C(=O)O)CC1. The Bertz CT molecular complexity index is 455. The molecule has 5 heteroatoms. The van der Waals surface area contributed by atoms with Gasteiger partial charge in [0.2, 0.25) is 0 Å². The molecule has 1 atom stereocenters. The van der Waals surface area contributed by atoms with E-state index in [-0.39, 0.29) is 5.92 Å². The van der Waals surface area contributed by atoms with Crippen LogP contribution in [0.1, 0.15) is 39.5 Å². The summed E-state index contributed by atoms with van der Waals surface area (Å²) >= 11 is 12.7. The molecular weight excluding hydrogens is 309 g/mol. The highest BCUT2D eigenvalue weighted by molar-refractivity contribution is 6.36. The van der Waals surface area contributed by atoms with Gasteiger partial charge in [-0.05, 0) is 38.7 Å². The van der Waals surface area contributed by atoms with Crippen LogP contribution >= 0.6 is 23.2 Å². The Morgan fingerprint density at radius 2 is 2.05 bits per heavy atom. The first-order valence-corrected chi connectivity index (χ1v) is 8.13. The third kappa shape index (κ3) is 5.40. The van der Waals surface area contributed by atoms with Gasteiger partial charge in [0.05, 0.1) is 21.7 Å². The fourth-order valence-corrected chi connectivity index (χ4v) is 3.00. The number of likely N-dealkylation sites (tertiary alicyclic amines) is 1. The van der Waals surface area contributed by atoms with Crippen LogP contribution in [0, 0.1) is 5.92 Å². The second-order valence-electron chi connectivity index (χ2n) is 5.10. The number of carboxylic acid groups (broad SMARTS) is 1. The maximum absolute atomic E-state index is 11.1. The van der Waals surface area contributed by atoms with Crippen LogP contribution in [0.3, 0.4) is 0 Å². The average molecular weight is 332 g/mol. The lowest BCUT2D eigenvalue weighted by atomic mass is 10.0. The standard InChI is InChI=1S/C16H23Cl2NO2/c1-3-5-8-14(18)15(13(17)4-2)19-10-6-7-12(9-11-19)16(20)21/h4-5,8,12H,3,6-7,9-11H2,1-2H3,(H,20,21)/b8-5+,13-4+,15-14-. The average Bonchev–Trinajstić information content (AvgIpc) is 2.71. The van der Waals surface area contributed by atoms with Gasteiger partial charge in [0, 0.05) is 13.1 Å². The summed E-state index contributed by atoms with van der Waals surface area (Å²) in [5.74, 6) is -0.984. The van der Waals surface area contributed by atoms with E-state index in [1.807, 2.05) is 32.1 Å². The maximum Gasteiger partial charge on any atom is 0.306 e. The van der Waals surface area contributed by atoms with Crippen molar-refractivity contribution >= 4 is 29.2 Å². The van der Waals surface area contributed by atoms with Crippen LogP contribution in [0.5, 0.6) is 0 Å². The first-order valence-electron chi connectivity index (χ1n) is 7.37. The third-order valence-electron chi connectivity index (χ3n) is 3.60. The summed E-state index contributed by atoms with van der Waals surface area (Å²) in [6.45, 7) is 5.35. The smallest absolute Gasteiger partial charge is 0.306 e. The molecular formula is C16H23Cl2NO2. The molecule has 0 amide bonds. The Hall–Kier alpha value is -0.930. The molecule has 0 aliphatic carbocycles. The number of hydrogen-bond donors (Lipinski definition) is 1. The molecule has 0 saturated carbocycles. The lowest BCUT2D eigenvalue weighted by molar-refractivity contribution is -0.142. The molecule has 0 radical (unpaired) electrons. The van der Waals surface area contributed by atoms with E-state index >= 15 is 0 Å². The molecule has 1 N–H and O–H groups in total. The van der Waals surface area contributed by atoms with Crippen molar-refractivity contribution in [2.75, 3.05) is 13.1 Å². The van der Waals surface area contributed by atoms with Gasteiger partial charge in [-0.1, -0.05) is 42.3 Å². The van der Waals surface area contributed by atoms with Crippen molar-refractivity contribution in [1.82, 2.24) is 4.90 Å². The first kappa shape index (κ1) is 18.1. The van der Waals surface area contributed by atoms with Gasteiger partial charge in [0.15, 0.2) is 0 Å². The van der Waals surface area contributed by atoms with Crippen LogP contribution in [-0.4, -0.2) is 29.1 Å². The maximum atomic E-state index is 11.1. The molecule has 1 rings (SSSR count). The predicted octanol–water partition coefficient (Wildman–Crippen LogP) is 4.73. The molecule has 21 heavy (non-hydrogen) atoms. The van der Waals surface area contributed by atoms with Crippen molar-refractivity contribution in [2.24, 2.45) is 5.92 Å². The Balaban J connectivity index is 3.00. The highest BCUT2D eigenvalue weighted by atomic mass is 35.5. The van der Waals surface area contributed by atoms with E-state index < -0.39 is 5.97 Å². The summed E-state index contributed by atoms with van der Waals surface area (Å²) in [5, 5.41) is 10.4. The number of halogens is 2. The van der Waals surface area contributed by atoms with Gasteiger partial charge < -0.3 is 10.0 Å². The lowest BCUT2D eigenvalue weighted by Gasteiger charge is -2.26. The number of carbonyl (C=O) groups is 1. The molecule has 0 aromatic rings. The fraction of sp³-hybridized carbons (Fsp3) is 0.562. The van der Waals surface area contributed by atoms with E-state index in [1.165, 1.54) is 0 Å². The van der Waals surface area contributed by atoms with Gasteiger partial charge in [0.1, 0.15) is 0 Å². The molecule has 118 valence electrons. The molecule has 1 heterocycles. The largest absolute Gasteiger partial charge is 0.481 e. The molecule has 0 aromatic carbocycles. The lowest BCUT2D eigenvalue weighted by Crippen LogP contribution is -2.26. The zero-order valence-electron chi connectivity index (χ0n) is 12.6. The topological polar surface area (TPSA) is 40.5 Å². The zero-order chi connectivity index (χ0) is 15.8. The van der Waals surface area contributed by atoms with Crippen molar-refractivity contribution in [3.05, 3.63) is 34.0 Å². The summed E-state index contributed by atoms with van der Waals surface area (Å²) in [5.41, 5.74) is 0.802. The number of allylic oxidation sites excluding steroid dienone is 5. The number of aliphatic carboxylic acids is 1. The Labute approximate surface area is 136 Å². The van der Waals surface area contributed by atoms with Crippen LogP contribution in [0.2, 0.25) is 0 Å². The normalized spacial score (nSPS) is 22.2. The quantitative estimate of drug-likeness (QED) is 0.740. The summed E-state index contributed by atoms with van der Waals surface area (Å²) in [6, 6.07) is 0. The van der Waals surface area contributed by atoms with E-state index in [1.54, 1.807) is 0 Å². The third-order valence-corrected chi connectivity index (χ3v) is 4.30. The van der Waals surface area contributed by atoms with Gasteiger partial charge in [-0.15, -0.1) is 0 Å². The van der Waals surface area contributed by atoms with E-state index in [2.05, 4.69) is 4.90 Å². The monoisotopic (exact) mass is 331 g/mol. The van der Waals surface area contributed by atoms with Crippen molar-refractivity contribution in [3.63, 3.8) is 0 Å². The second-order valence-corrected chi connectivity index (χ2v) is 5.91. The molecule has 3 nitrogen and oxygen atoms in total. The fourth-order valence-electron chi connectivity index (χ4n) is 2.42. The van der Waals surface area contributed by atoms with Gasteiger partial charge in [-0.25, -0.2) is 0 Å². The van der Waals surface area contributed by atoms with E-state index in [4.69, 9.17) is 28.3 Å². The van der Waals surface area contributed by atoms with Crippen LogP contribution in [0.15, 0.2) is 34.0 Å². The zero-order valence-corrected chi connectivity index (χ0v) is 14.1. The van der Waals surface area contributed by atoms with Crippen molar-refractivity contribution in [2.45, 2.75) is 39.5 Å². The molecule has 0 aromatic heterocycles. The summed E-state index contributed by atoms with van der Waals surface area (Å²) < 4.78 is 0.